The lowest BCUT2D eigenvalue weighted by atomic mass is 9.84. The molecule has 0 unspecified atom stereocenters. The number of carbonyl (C=O) groups excluding carboxylic acids is 4. The molecule has 0 aliphatic carbocycles. The van der Waals surface area contributed by atoms with Crippen molar-refractivity contribution in [3.8, 4) is 11.8 Å². The smallest absolute Gasteiger partial charge is 0.450 e. The quantitative estimate of drug-likeness (QED) is 0.387. The molecule has 2 aromatic rings. The lowest BCUT2D eigenvalue weighted by Gasteiger charge is -2.25. The van der Waals surface area contributed by atoms with Gasteiger partial charge in [0, 0.05) is 30.2 Å². The summed E-state index contributed by atoms with van der Waals surface area (Å²) in [6.45, 7) is 4.30. The van der Waals surface area contributed by atoms with Crippen LogP contribution in [0.5, 0.6) is 5.75 Å². The molecule has 0 saturated carbocycles. The van der Waals surface area contributed by atoms with Crippen molar-refractivity contribution in [1.82, 2.24) is 5.32 Å². The number of benzene rings is 2. The minimum absolute atomic E-state index is 0.231. The fraction of sp³-hybridized carbons (Fsp3) is 0.393. The van der Waals surface area contributed by atoms with Gasteiger partial charge in [-0.15, -0.1) is 0 Å². The minimum atomic E-state index is -5.11. The molecule has 0 spiro atoms. The van der Waals surface area contributed by atoms with Gasteiger partial charge in [-0.1, -0.05) is 45.0 Å². The molecule has 0 bridgehead atoms. The van der Waals surface area contributed by atoms with Crippen LogP contribution < -0.4 is 10.1 Å². The van der Waals surface area contributed by atoms with Crippen molar-refractivity contribution in [2.75, 3.05) is 7.11 Å². The lowest BCUT2D eigenvalue weighted by molar-refractivity contribution is -0.177. The molecule has 7 nitrogen and oxygen atoms in total. The van der Waals surface area contributed by atoms with E-state index >= 15 is 0 Å². The standard InChI is InChI=1S/C28H29F3N2O5/c1-16(2)22(26(36)28(29,30)31)14-24(35)25(19-8-10-21(38-4)11-9-19)33-27(37)17(3)12-23(34)20-7-5-6-18(13-20)15-32/h5-11,13,16-17,22,25H,12,14H2,1-4H3,(H,33,37)/t17-,22+,25+/m1/s1. The average molecular weight is 531 g/mol. The molecule has 38 heavy (non-hydrogen) atoms. The Kier molecular flexibility index (Phi) is 10.3. The number of alkyl halides is 3. The zero-order valence-corrected chi connectivity index (χ0v) is 21.5. The van der Waals surface area contributed by atoms with Gasteiger partial charge in [0.05, 0.1) is 18.7 Å². The number of carbonyl (C=O) groups is 4. The number of nitriles is 1. The van der Waals surface area contributed by atoms with Crippen LogP contribution in [0.25, 0.3) is 0 Å². The van der Waals surface area contributed by atoms with E-state index in [0.29, 0.717) is 5.75 Å². The third kappa shape index (κ3) is 8.00. The number of Topliss-reactive ketones (excluding diaryl/α,β-unsaturated/α-hetero) is 3. The van der Waals surface area contributed by atoms with Crippen molar-refractivity contribution < 1.29 is 37.1 Å². The highest BCUT2D eigenvalue weighted by Crippen LogP contribution is 2.30. The Balaban J connectivity index is 2.28. The average Bonchev–Trinajstić information content (AvgIpc) is 2.88. The first-order valence-electron chi connectivity index (χ1n) is 11.9. The molecule has 3 atom stereocenters. The summed E-state index contributed by atoms with van der Waals surface area (Å²) in [6, 6.07) is 12.6. The minimum Gasteiger partial charge on any atom is -0.497 e. The van der Waals surface area contributed by atoms with E-state index in [0.717, 1.165) is 0 Å². The SMILES string of the molecule is COc1ccc([C@H](NC(=O)[C@H](C)CC(=O)c2cccc(C#N)c2)C(=O)C[C@H](C(=O)C(F)(F)F)C(C)C)cc1. The molecule has 0 radical (unpaired) electrons. The van der Waals surface area contributed by atoms with Gasteiger partial charge < -0.3 is 10.1 Å². The van der Waals surface area contributed by atoms with Crippen molar-refractivity contribution in [3.05, 3.63) is 65.2 Å². The third-order valence-corrected chi connectivity index (χ3v) is 6.15. The lowest BCUT2D eigenvalue weighted by Crippen LogP contribution is -2.40. The number of amides is 1. The number of halogens is 3. The number of methoxy groups -OCH3 is 1. The molecule has 0 aromatic heterocycles. The number of ether oxygens (including phenoxy) is 1. The van der Waals surface area contributed by atoms with Gasteiger partial charge in [-0.25, -0.2) is 0 Å². The third-order valence-electron chi connectivity index (χ3n) is 6.15. The number of hydrogen-bond acceptors (Lipinski definition) is 6. The molecular weight excluding hydrogens is 501 g/mol. The Morgan fingerprint density at radius 3 is 2.16 bits per heavy atom. The molecule has 1 N–H and O–H groups in total. The van der Waals surface area contributed by atoms with Gasteiger partial charge in [-0.05, 0) is 35.7 Å². The van der Waals surface area contributed by atoms with E-state index in [4.69, 9.17) is 10.00 Å². The predicted octanol–water partition coefficient (Wildman–Crippen LogP) is 5.00. The zero-order valence-electron chi connectivity index (χ0n) is 21.5. The van der Waals surface area contributed by atoms with Gasteiger partial charge in [0.1, 0.15) is 11.8 Å². The summed E-state index contributed by atoms with van der Waals surface area (Å²) in [5.74, 6) is -6.69. The molecule has 0 saturated heterocycles. The summed E-state index contributed by atoms with van der Waals surface area (Å²) in [6.07, 6.45) is -6.07. The van der Waals surface area contributed by atoms with E-state index in [-0.39, 0.29) is 23.1 Å². The van der Waals surface area contributed by atoms with E-state index in [1.54, 1.807) is 6.07 Å². The first-order valence-corrected chi connectivity index (χ1v) is 11.9. The van der Waals surface area contributed by atoms with Crippen LogP contribution in [-0.2, 0) is 14.4 Å². The van der Waals surface area contributed by atoms with E-state index in [9.17, 15) is 32.3 Å². The van der Waals surface area contributed by atoms with Crippen LogP contribution in [-0.4, -0.2) is 36.5 Å². The Morgan fingerprint density at radius 2 is 1.63 bits per heavy atom. The molecule has 2 rings (SSSR count). The summed E-state index contributed by atoms with van der Waals surface area (Å²) < 4.78 is 44.5. The van der Waals surface area contributed by atoms with Crippen LogP contribution in [0.1, 0.15) is 61.1 Å². The Labute approximate surface area is 219 Å². The second kappa shape index (κ2) is 13.0. The maximum absolute atomic E-state index is 13.3. The normalized spacial score (nSPS) is 13.7. The Hall–Kier alpha value is -4.00. The Bertz CT molecular complexity index is 1220. The van der Waals surface area contributed by atoms with Crippen LogP contribution in [0, 0.1) is 29.1 Å². The molecule has 2 aromatic carbocycles. The molecule has 0 aliphatic heterocycles. The molecule has 10 heteroatoms. The first-order chi connectivity index (χ1) is 17.8. The molecule has 1 amide bonds. The second-order valence-electron chi connectivity index (χ2n) is 9.32. The maximum atomic E-state index is 13.3. The summed E-state index contributed by atoms with van der Waals surface area (Å²) in [5.41, 5.74) is 0.814. The number of hydrogen-bond donors (Lipinski definition) is 1. The summed E-state index contributed by atoms with van der Waals surface area (Å²) >= 11 is 0. The van der Waals surface area contributed by atoms with Crippen LogP contribution in [0.4, 0.5) is 13.2 Å². The van der Waals surface area contributed by atoms with E-state index in [2.05, 4.69) is 5.32 Å². The van der Waals surface area contributed by atoms with Gasteiger partial charge in [0.25, 0.3) is 0 Å². The highest BCUT2D eigenvalue weighted by molar-refractivity contribution is 6.00. The van der Waals surface area contributed by atoms with E-state index < -0.39 is 59.6 Å². The van der Waals surface area contributed by atoms with Gasteiger partial charge in [0.2, 0.25) is 11.7 Å². The number of nitrogens with zero attached hydrogens (tertiary/aromatic N) is 1. The fourth-order valence-electron chi connectivity index (χ4n) is 3.86. The molecule has 0 heterocycles. The summed E-state index contributed by atoms with van der Waals surface area (Å²) in [4.78, 5) is 50.9. The van der Waals surface area contributed by atoms with Gasteiger partial charge >= 0.3 is 6.18 Å². The van der Waals surface area contributed by atoms with Crippen molar-refractivity contribution in [1.29, 1.82) is 5.26 Å². The first kappa shape index (κ1) is 30.2. The van der Waals surface area contributed by atoms with Crippen LogP contribution in [0.2, 0.25) is 0 Å². The zero-order chi connectivity index (χ0) is 28.6. The summed E-state index contributed by atoms with van der Waals surface area (Å²) in [5, 5.41) is 11.6. The maximum Gasteiger partial charge on any atom is 0.450 e. The number of ketones is 3. The summed E-state index contributed by atoms with van der Waals surface area (Å²) in [7, 11) is 1.43. The highest BCUT2D eigenvalue weighted by Gasteiger charge is 2.45. The van der Waals surface area contributed by atoms with E-state index in [1.165, 1.54) is 70.3 Å². The van der Waals surface area contributed by atoms with Crippen molar-refractivity contribution in [3.63, 3.8) is 0 Å². The topological polar surface area (TPSA) is 113 Å². The molecule has 0 fully saturated rings. The monoisotopic (exact) mass is 530 g/mol. The number of nitrogens with one attached hydrogen (secondary N) is 1. The van der Waals surface area contributed by atoms with Crippen molar-refractivity contribution in [2.24, 2.45) is 17.8 Å². The molecular formula is C28H29F3N2O5. The Morgan fingerprint density at radius 1 is 1.00 bits per heavy atom. The van der Waals surface area contributed by atoms with Crippen LogP contribution in [0.15, 0.2) is 48.5 Å². The fourth-order valence-corrected chi connectivity index (χ4v) is 3.86. The van der Waals surface area contributed by atoms with Gasteiger partial charge in [-0.3, -0.25) is 19.2 Å². The molecule has 202 valence electrons. The second-order valence-corrected chi connectivity index (χ2v) is 9.32. The van der Waals surface area contributed by atoms with Crippen LogP contribution >= 0.6 is 0 Å². The highest BCUT2D eigenvalue weighted by atomic mass is 19.4. The van der Waals surface area contributed by atoms with Crippen LogP contribution in [0.3, 0.4) is 0 Å². The van der Waals surface area contributed by atoms with E-state index in [1.807, 2.05) is 6.07 Å². The largest absolute Gasteiger partial charge is 0.497 e. The van der Waals surface area contributed by atoms with Gasteiger partial charge in [0.15, 0.2) is 11.6 Å². The number of rotatable bonds is 12. The van der Waals surface area contributed by atoms with Crippen molar-refractivity contribution >= 4 is 23.3 Å². The predicted molar refractivity (Wildman–Crippen MR) is 132 cm³/mol. The van der Waals surface area contributed by atoms with Gasteiger partial charge in [-0.2, -0.15) is 18.4 Å². The molecule has 0 aliphatic rings. The van der Waals surface area contributed by atoms with Crippen molar-refractivity contribution in [2.45, 2.75) is 45.8 Å².